The fraction of sp³-hybridized carbons (Fsp3) is 0.222. The smallest absolute Gasteiger partial charge is 0.231 e. The van der Waals surface area contributed by atoms with Crippen LogP contribution < -0.4 is 9.47 Å². The second-order valence-corrected chi connectivity index (χ2v) is 2.91. The van der Waals surface area contributed by atoms with Gasteiger partial charge in [-0.1, -0.05) is 0 Å². The second kappa shape index (κ2) is 2.80. The highest BCUT2D eigenvalue weighted by atomic mass is 16.7. The zero-order chi connectivity index (χ0) is 10.3. The SMILES string of the molecule is CC(=O)c1cc2c(c(O)c1O)OCO2. The third-order valence-corrected chi connectivity index (χ3v) is 1.99. The van der Waals surface area contributed by atoms with E-state index in [0.29, 0.717) is 0 Å². The molecule has 0 amide bonds. The minimum atomic E-state index is -0.471. The van der Waals surface area contributed by atoms with Gasteiger partial charge in [-0.2, -0.15) is 0 Å². The van der Waals surface area contributed by atoms with Gasteiger partial charge in [0.05, 0.1) is 5.56 Å². The minimum Gasteiger partial charge on any atom is -0.504 e. The molecule has 0 radical (unpaired) electrons. The van der Waals surface area contributed by atoms with Crippen molar-refractivity contribution < 1.29 is 24.5 Å². The lowest BCUT2D eigenvalue weighted by Gasteiger charge is -2.05. The van der Waals surface area contributed by atoms with Crippen molar-refractivity contribution in [1.29, 1.82) is 0 Å². The van der Waals surface area contributed by atoms with Crippen molar-refractivity contribution in [2.75, 3.05) is 6.79 Å². The van der Waals surface area contributed by atoms with Gasteiger partial charge < -0.3 is 19.7 Å². The number of phenolic OH excluding ortho intramolecular Hbond substituents is 2. The van der Waals surface area contributed by atoms with E-state index < -0.39 is 11.5 Å². The predicted octanol–water partition coefficient (Wildman–Crippen LogP) is 1.03. The van der Waals surface area contributed by atoms with Gasteiger partial charge in [-0.3, -0.25) is 4.79 Å². The first-order valence-corrected chi connectivity index (χ1v) is 3.96. The summed E-state index contributed by atoms with van der Waals surface area (Å²) in [5.41, 5.74) is 0.0201. The Morgan fingerprint density at radius 2 is 2.07 bits per heavy atom. The predicted molar refractivity (Wildman–Crippen MR) is 45.9 cm³/mol. The average Bonchev–Trinajstić information content (AvgIpc) is 2.58. The topological polar surface area (TPSA) is 76.0 Å². The number of benzene rings is 1. The second-order valence-electron chi connectivity index (χ2n) is 2.91. The number of aromatic hydroxyl groups is 2. The molecule has 0 bridgehead atoms. The zero-order valence-electron chi connectivity index (χ0n) is 7.40. The molecular formula is C9H8O5. The summed E-state index contributed by atoms with van der Waals surface area (Å²) in [6, 6.07) is 1.35. The Labute approximate surface area is 79.5 Å². The highest BCUT2D eigenvalue weighted by molar-refractivity contribution is 5.98. The van der Waals surface area contributed by atoms with Gasteiger partial charge in [-0.25, -0.2) is 0 Å². The first kappa shape index (κ1) is 8.68. The standard InChI is InChI=1S/C9H8O5/c1-4(10)5-2-6-9(14-3-13-6)8(12)7(5)11/h2,11-12H,3H2,1H3. The van der Waals surface area contributed by atoms with Crippen molar-refractivity contribution in [3.8, 4) is 23.0 Å². The van der Waals surface area contributed by atoms with Crippen LogP contribution in [0.15, 0.2) is 6.07 Å². The Balaban J connectivity index is 2.67. The summed E-state index contributed by atoms with van der Waals surface area (Å²) in [6.07, 6.45) is 0. The van der Waals surface area contributed by atoms with E-state index in [1.54, 1.807) is 0 Å². The molecule has 0 saturated heterocycles. The summed E-state index contributed by atoms with van der Waals surface area (Å²) in [7, 11) is 0. The van der Waals surface area contributed by atoms with E-state index in [0.717, 1.165) is 0 Å². The van der Waals surface area contributed by atoms with Crippen molar-refractivity contribution in [3.05, 3.63) is 11.6 Å². The normalized spacial score (nSPS) is 12.9. The lowest BCUT2D eigenvalue weighted by Crippen LogP contribution is -1.93. The van der Waals surface area contributed by atoms with Gasteiger partial charge in [-0.15, -0.1) is 0 Å². The van der Waals surface area contributed by atoms with Crippen LogP contribution in [-0.2, 0) is 0 Å². The third-order valence-electron chi connectivity index (χ3n) is 1.99. The van der Waals surface area contributed by atoms with Gasteiger partial charge in [0.2, 0.25) is 18.3 Å². The Hall–Kier alpha value is -1.91. The molecule has 1 aromatic rings. The quantitative estimate of drug-likeness (QED) is 0.518. The molecule has 0 atom stereocenters. The van der Waals surface area contributed by atoms with Gasteiger partial charge >= 0.3 is 0 Å². The molecule has 0 aliphatic carbocycles. The summed E-state index contributed by atoms with van der Waals surface area (Å²) < 4.78 is 9.88. The molecule has 0 aromatic heterocycles. The fourth-order valence-corrected chi connectivity index (χ4v) is 1.28. The number of carbonyl (C=O) groups is 1. The minimum absolute atomic E-state index is 0.0201. The molecular weight excluding hydrogens is 188 g/mol. The van der Waals surface area contributed by atoms with E-state index >= 15 is 0 Å². The maximum absolute atomic E-state index is 11.1. The molecule has 1 aromatic carbocycles. The van der Waals surface area contributed by atoms with E-state index in [1.807, 2.05) is 0 Å². The maximum Gasteiger partial charge on any atom is 0.231 e. The molecule has 0 saturated carbocycles. The molecule has 1 aliphatic rings. The van der Waals surface area contributed by atoms with Crippen molar-refractivity contribution in [3.63, 3.8) is 0 Å². The van der Waals surface area contributed by atoms with E-state index in [9.17, 15) is 15.0 Å². The molecule has 0 unspecified atom stereocenters. The summed E-state index contributed by atoms with van der Waals surface area (Å²) in [6.45, 7) is 1.26. The first-order chi connectivity index (χ1) is 6.61. The monoisotopic (exact) mass is 196 g/mol. The lowest BCUT2D eigenvalue weighted by molar-refractivity contribution is 0.101. The molecule has 0 spiro atoms. The summed E-state index contributed by atoms with van der Waals surface area (Å²) >= 11 is 0. The number of phenols is 2. The molecule has 0 fully saturated rings. The lowest BCUT2D eigenvalue weighted by atomic mass is 10.1. The largest absolute Gasteiger partial charge is 0.504 e. The summed E-state index contributed by atoms with van der Waals surface area (Å²) in [5, 5.41) is 18.9. The molecule has 2 N–H and O–H groups in total. The Kier molecular flexibility index (Phi) is 1.73. The number of hydrogen-bond donors (Lipinski definition) is 2. The van der Waals surface area contributed by atoms with E-state index in [2.05, 4.69) is 0 Å². The van der Waals surface area contributed by atoms with Crippen LogP contribution in [0.2, 0.25) is 0 Å². The molecule has 1 aliphatic heterocycles. The van der Waals surface area contributed by atoms with Crippen LogP contribution in [0.1, 0.15) is 17.3 Å². The first-order valence-electron chi connectivity index (χ1n) is 3.96. The van der Waals surface area contributed by atoms with Crippen LogP contribution >= 0.6 is 0 Å². The molecule has 2 rings (SSSR count). The van der Waals surface area contributed by atoms with Crippen LogP contribution in [0.4, 0.5) is 0 Å². The van der Waals surface area contributed by atoms with E-state index in [-0.39, 0.29) is 29.6 Å². The van der Waals surface area contributed by atoms with Crippen molar-refractivity contribution >= 4 is 5.78 Å². The highest BCUT2D eigenvalue weighted by Gasteiger charge is 2.25. The van der Waals surface area contributed by atoms with Crippen molar-refractivity contribution in [2.24, 2.45) is 0 Å². The van der Waals surface area contributed by atoms with Crippen LogP contribution in [0, 0.1) is 0 Å². The van der Waals surface area contributed by atoms with Gasteiger partial charge in [0.25, 0.3) is 0 Å². The number of hydrogen-bond acceptors (Lipinski definition) is 5. The molecule has 5 heteroatoms. The van der Waals surface area contributed by atoms with Crippen molar-refractivity contribution in [1.82, 2.24) is 0 Å². The number of carbonyl (C=O) groups excluding carboxylic acids is 1. The Morgan fingerprint density at radius 3 is 2.71 bits per heavy atom. The van der Waals surface area contributed by atoms with Gasteiger partial charge in [0, 0.05) is 0 Å². The number of rotatable bonds is 1. The van der Waals surface area contributed by atoms with Gasteiger partial charge in [0.15, 0.2) is 17.3 Å². The fourth-order valence-electron chi connectivity index (χ4n) is 1.28. The summed E-state index contributed by atoms with van der Waals surface area (Å²) in [4.78, 5) is 11.1. The van der Waals surface area contributed by atoms with Crippen molar-refractivity contribution in [2.45, 2.75) is 6.92 Å². The van der Waals surface area contributed by atoms with Gasteiger partial charge in [0.1, 0.15) is 0 Å². The van der Waals surface area contributed by atoms with E-state index in [4.69, 9.17) is 9.47 Å². The number of Topliss-reactive ketones (excluding diaryl/α,β-unsaturated/α-hetero) is 1. The number of ether oxygens (including phenoxy) is 2. The Bertz CT molecular complexity index is 410. The third kappa shape index (κ3) is 1.06. The molecule has 14 heavy (non-hydrogen) atoms. The van der Waals surface area contributed by atoms with Crippen LogP contribution in [0.3, 0.4) is 0 Å². The average molecular weight is 196 g/mol. The molecule has 74 valence electrons. The van der Waals surface area contributed by atoms with Gasteiger partial charge in [-0.05, 0) is 13.0 Å². The Morgan fingerprint density at radius 1 is 1.36 bits per heavy atom. The summed E-state index contributed by atoms with van der Waals surface area (Å²) in [5.74, 6) is -0.930. The zero-order valence-corrected chi connectivity index (χ0v) is 7.40. The van der Waals surface area contributed by atoms with E-state index in [1.165, 1.54) is 13.0 Å². The molecule has 5 nitrogen and oxygen atoms in total. The van der Waals surface area contributed by atoms with Crippen LogP contribution in [-0.4, -0.2) is 22.8 Å². The number of ketones is 1. The number of fused-ring (bicyclic) bond motifs is 1. The molecule has 1 heterocycles. The van der Waals surface area contributed by atoms with Crippen LogP contribution in [0.5, 0.6) is 23.0 Å². The van der Waals surface area contributed by atoms with Crippen LogP contribution in [0.25, 0.3) is 0 Å². The maximum atomic E-state index is 11.1. The highest BCUT2D eigenvalue weighted by Crippen LogP contribution is 2.47.